The van der Waals surface area contributed by atoms with Crippen molar-refractivity contribution in [3.8, 4) is 0 Å². The molecule has 1 N–H and O–H groups in total. The van der Waals surface area contributed by atoms with Gasteiger partial charge in [-0.3, -0.25) is 0 Å². The van der Waals surface area contributed by atoms with Gasteiger partial charge in [-0.25, -0.2) is 8.42 Å². The minimum Gasteiger partial charge on any atom is -0.390 e. The quantitative estimate of drug-likeness (QED) is 0.930. The second kappa shape index (κ2) is 6.08. The Labute approximate surface area is 120 Å². The molecule has 0 radical (unpaired) electrons. The Morgan fingerprint density at radius 3 is 2.60 bits per heavy atom. The average molecular weight is 295 g/mol. The number of sulfonamides is 1. The minimum absolute atomic E-state index is 0.370. The van der Waals surface area contributed by atoms with E-state index in [1.807, 2.05) is 30.3 Å². The average Bonchev–Trinajstić information content (AvgIpc) is 2.59. The van der Waals surface area contributed by atoms with Gasteiger partial charge in [0.15, 0.2) is 0 Å². The second-order valence-electron chi connectivity index (χ2n) is 5.51. The maximum Gasteiger partial charge on any atom is 0.236 e. The molecule has 1 aliphatic rings. The first-order valence-corrected chi connectivity index (χ1v) is 8.35. The van der Waals surface area contributed by atoms with Crippen molar-refractivity contribution in [2.45, 2.75) is 31.8 Å². The van der Waals surface area contributed by atoms with Crippen LogP contribution in [-0.2, 0) is 10.0 Å². The van der Waals surface area contributed by atoms with Crippen molar-refractivity contribution in [3.63, 3.8) is 0 Å². The highest BCUT2D eigenvalue weighted by atomic mass is 32.2. The van der Waals surface area contributed by atoms with Gasteiger partial charge < -0.3 is 5.11 Å². The van der Waals surface area contributed by atoms with Gasteiger partial charge >= 0.3 is 0 Å². The molecule has 20 heavy (non-hydrogen) atoms. The summed E-state index contributed by atoms with van der Waals surface area (Å²) in [4.78, 5) is 0. The lowest BCUT2D eigenvalue weighted by molar-refractivity contribution is 0.0465. The summed E-state index contributed by atoms with van der Waals surface area (Å²) in [7, 11) is -3.41. The van der Waals surface area contributed by atoms with E-state index in [2.05, 4.69) is 0 Å². The van der Waals surface area contributed by atoms with Crippen LogP contribution in [-0.4, -0.2) is 36.5 Å². The fourth-order valence-corrected chi connectivity index (χ4v) is 3.54. The molecule has 1 aliphatic heterocycles. The molecule has 1 heterocycles. The zero-order valence-electron chi connectivity index (χ0n) is 11.7. The molecular weight excluding hydrogens is 274 g/mol. The van der Waals surface area contributed by atoms with Crippen LogP contribution in [0.25, 0.3) is 6.08 Å². The molecule has 1 unspecified atom stereocenters. The first-order valence-electron chi connectivity index (χ1n) is 6.85. The van der Waals surface area contributed by atoms with Gasteiger partial charge in [0.2, 0.25) is 10.0 Å². The lowest BCUT2D eigenvalue weighted by atomic mass is 9.98. The van der Waals surface area contributed by atoms with Crippen molar-refractivity contribution in [2.75, 3.05) is 13.1 Å². The summed E-state index contributed by atoms with van der Waals surface area (Å²) >= 11 is 0. The highest BCUT2D eigenvalue weighted by molar-refractivity contribution is 7.92. The van der Waals surface area contributed by atoms with E-state index >= 15 is 0 Å². The van der Waals surface area contributed by atoms with Gasteiger partial charge in [-0.05, 0) is 37.8 Å². The summed E-state index contributed by atoms with van der Waals surface area (Å²) < 4.78 is 26.0. The summed E-state index contributed by atoms with van der Waals surface area (Å²) in [5, 5.41) is 11.3. The zero-order valence-corrected chi connectivity index (χ0v) is 12.5. The highest BCUT2D eigenvalue weighted by Gasteiger charge is 2.29. The van der Waals surface area contributed by atoms with Crippen LogP contribution >= 0.6 is 0 Å². The molecule has 0 amide bonds. The fourth-order valence-electron chi connectivity index (χ4n) is 2.31. The third-order valence-electron chi connectivity index (χ3n) is 3.61. The number of hydrogen-bond acceptors (Lipinski definition) is 3. The monoisotopic (exact) mass is 295 g/mol. The Morgan fingerprint density at radius 2 is 1.90 bits per heavy atom. The maximum atomic E-state index is 12.3. The van der Waals surface area contributed by atoms with Crippen molar-refractivity contribution in [2.24, 2.45) is 0 Å². The highest BCUT2D eigenvalue weighted by Crippen LogP contribution is 2.23. The minimum atomic E-state index is -3.41. The van der Waals surface area contributed by atoms with Crippen molar-refractivity contribution in [1.29, 1.82) is 0 Å². The van der Waals surface area contributed by atoms with Gasteiger partial charge in [-0.1, -0.05) is 30.3 Å². The maximum absolute atomic E-state index is 12.3. The largest absolute Gasteiger partial charge is 0.390 e. The summed E-state index contributed by atoms with van der Waals surface area (Å²) in [6, 6.07) is 9.35. The lowest BCUT2D eigenvalue weighted by Crippen LogP contribution is -2.32. The van der Waals surface area contributed by atoms with E-state index in [4.69, 9.17) is 0 Å². The molecule has 2 rings (SSSR count). The van der Waals surface area contributed by atoms with Gasteiger partial charge in [0.05, 0.1) is 5.60 Å². The number of rotatable bonds is 3. The van der Waals surface area contributed by atoms with Crippen molar-refractivity contribution in [1.82, 2.24) is 4.31 Å². The predicted molar refractivity (Wildman–Crippen MR) is 80.4 cm³/mol. The number of aliphatic hydroxyl groups is 1. The van der Waals surface area contributed by atoms with Crippen LogP contribution in [0.2, 0.25) is 0 Å². The van der Waals surface area contributed by atoms with Crippen molar-refractivity contribution >= 4 is 16.1 Å². The third-order valence-corrected chi connectivity index (χ3v) is 5.18. The van der Waals surface area contributed by atoms with E-state index in [0.717, 1.165) is 5.56 Å². The van der Waals surface area contributed by atoms with E-state index in [1.165, 1.54) is 9.71 Å². The molecule has 0 aliphatic carbocycles. The molecular formula is C15H21NO3S. The molecule has 5 heteroatoms. The van der Waals surface area contributed by atoms with E-state index in [1.54, 1.807) is 13.0 Å². The predicted octanol–water partition coefficient (Wildman–Crippen LogP) is 2.22. The molecule has 110 valence electrons. The Balaban J connectivity index is 2.09. The van der Waals surface area contributed by atoms with Crippen LogP contribution < -0.4 is 0 Å². The van der Waals surface area contributed by atoms with Crippen LogP contribution in [0.1, 0.15) is 31.7 Å². The van der Waals surface area contributed by atoms with Crippen LogP contribution in [0.4, 0.5) is 0 Å². The Bertz CT molecular complexity index is 564. The molecule has 1 saturated heterocycles. The molecule has 0 bridgehead atoms. The number of benzene rings is 1. The summed E-state index contributed by atoms with van der Waals surface area (Å²) in [6.07, 6.45) is 3.41. The molecule has 1 aromatic rings. The van der Waals surface area contributed by atoms with E-state index in [0.29, 0.717) is 32.4 Å². The SMILES string of the molecule is CC1(O)CCCN(S(=O)(=O)/C=C/c2ccccc2)CC1. The number of nitrogens with zero attached hydrogens (tertiary/aromatic N) is 1. The zero-order chi connectivity index (χ0) is 14.6. The smallest absolute Gasteiger partial charge is 0.236 e. The van der Waals surface area contributed by atoms with Crippen LogP contribution in [0, 0.1) is 0 Å². The topological polar surface area (TPSA) is 57.6 Å². The summed E-state index contributed by atoms with van der Waals surface area (Å²) in [5.74, 6) is 0. The molecule has 1 fully saturated rings. The van der Waals surface area contributed by atoms with Crippen LogP contribution in [0.3, 0.4) is 0 Å². The van der Waals surface area contributed by atoms with Gasteiger partial charge in [-0.2, -0.15) is 4.31 Å². The van der Waals surface area contributed by atoms with E-state index in [-0.39, 0.29) is 0 Å². The molecule has 4 nitrogen and oxygen atoms in total. The van der Waals surface area contributed by atoms with Crippen LogP contribution in [0.15, 0.2) is 35.7 Å². The van der Waals surface area contributed by atoms with Gasteiger partial charge in [-0.15, -0.1) is 0 Å². The van der Waals surface area contributed by atoms with Crippen LogP contribution in [0.5, 0.6) is 0 Å². The van der Waals surface area contributed by atoms with E-state index in [9.17, 15) is 13.5 Å². The normalized spacial score (nSPS) is 25.7. The van der Waals surface area contributed by atoms with E-state index < -0.39 is 15.6 Å². The molecule has 1 aromatic carbocycles. The Morgan fingerprint density at radius 1 is 1.20 bits per heavy atom. The molecule has 1 atom stereocenters. The lowest BCUT2D eigenvalue weighted by Gasteiger charge is -2.21. The molecule has 0 aromatic heterocycles. The Kier molecular flexibility index (Phi) is 4.62. The van der Waals surface area contributed by atoms with Gasteiger partial charge in [0.25, 0.3) is 0 Å². The van der Waals surface area contributed by atoms with Gasteiger partial charge in [0, 0.05) is 18.5 Å². The second-order valence-corrected chi connectivity index (χ2v) is 7.33. The first kappa shape index (κ1) is 15.2. The molecule has 0 spiro atoms. The number of hydrogen-bond donors (Lipinski definition) is 1. The van der Waals surface area contributed by atoms with Gasteiger partial charge in [0.1, 0.15) is 0 Å². The molecule has 0 saturated carbocycles. The fraction of sp³-hybridized carbons (Fsp3) is 0.467. The third kappa shape index (κ3) is 4.16. The van der Waals surface area contributed by atoms with Crippen molar-refractivity contribution in [3.05, 3.63) is 41.3 Å². The van der Waals surface area contributed by atoms with Crippen molar-refractivity contribution < 1.29 is 13.5 Å². The summed E-state index contributed by atoms with van der Waals surface area (Å²) in [6.45, 7) is 2.61. The first-order chi connectivity index (χ1) is 9.39. The Hall–Kier alpha value is -1.17. The standard InChI is InChI=1S/C15H21NO3S/c1-15(17)9-5-11-16(12-10-15)20(18,19)13-8-14-6-3-2-4-7-14/h2-4,6-8,13,17H,5,9-12H2,1H3/b13-8+. The summed E-state index contributed by atoms with van der Waals surface area (Å²) in [5.41, 5.74) is 0.103.